The number of alkyl halides is 3. The van der Waals surface area contributed by atoms with Crippen molar-refractivity contribution in [1.82, 2.24) is 10.2 Å². The van der Waals surface area contributed by atoms with E-state index in [0.29, 0.717) is 0 Å². The molecule has 0 amide bonds. The zero-order chi connectivity index (χ0) is 12.2. The fraction of sp³-hybridized carbons (Fsp3) is 0.500. The first-order valence-corrected chi connectivity index (χ1v) is 5.02. The fourth-order valence-electron chi connectivity index (χ4n) is 0.893. The molecule has 0 spiro atoms. The number of hydrogen-bond donors (Lipinski definition) is 0. The molecule has 0 radical (unpaired) electrons. The second kappa shape index (κ2) is 5.54. The van der Waals surface area contributed by atoms with Gasteiger partial charge >= 0.3 is 6.18 Å². The van der Waals surface area contributed by atoms with Crippen molar-refractivity contribution in [2.45, 2.75) is 19.0 Å². The van der Waals surface area contributed by atoms with E-state index in [4.69, 9.17) is 27.9 Å². The molecule has 1 aromatic rings. The van der Waals surface area contributed by atoms with Crippen LogP contribution < -0.4 is 4.74 Å². The molecule has 1 aromatic heterocycles. The van der Waals surface area contributed by atoms with Crippen molar-refractivity contribution in [3.8, 4) is 5.75 Å². The van der Waals surface area contributed by atoms with E-state index in [0.717, 1.165) is 0 Å². The SMILES string of the molecule is FC(F)(F)CCCOc1cc(Cl)nnc1Cl. The van der Waals surface area contributed by atoms with Crippen LogP contribution in [0, 0.1) is 0 Å². The lowest BCUT2D eigenvalue weighted by molar-refractivity contribution is -0.136. The first-order valence-electron chi connectivity index (χ1n) is 4.27. The zero-order valence-corrected chi connectivity index (χ0v) is 9.40. The topological polar surface area (TPSA) is 35.0 Å². The van der Waals surface area contributed by atoms with Crippen molar-refractivity contribution in [1.29, 1.82) is 0 Å². The van der Waals surface area contributed by atoms with Crippen LogP contribution in [0.3, 0.4) is 0 Å². The Hall–Kier alpha value is -0.750. The summed E-state index contributed by atoms with van der Waals surface area (Å²) in [5, 5.41) is 6.91. The Labute approximate surface area is 99.5 Å². The third-order valence-corrected chi connectivity index (χ3v) is 2.00. The molecule has 0 saturated heterocycles. The summed E-state index contributed by atoms with van der Waals surface area (Å²) in [6, 6.07) is 1.30. The van der Waals surface area contributed by atoms with Gasteiger partial charge in [0.15, 0.2) is 16.1 Å². The number of rotatable bonds is 4. The molecule has 0 N–H and O–H groups in total. The number of hydrogen-bond acceptors (Lipinski definition) is 3. The number of nitrogens with zero attached hydrogens (tertiary/aromatic N) is 2. The highest BCUT2D eigenvalue weighted by atomic mass is 35.5. The largest absolute Gasteiger partial charge is 0.490 e. The molecule has 0 unspecified atom stereocenters. The van der Waals surface area contributed by atoms with E-state index in [2.05, 4.69) is 10.2 Å². The van der Waals surface area contributed by atoms with Gasteiger partial charge < -0.3 is 4.74 Å². The van der Waals surface area contributed by atoms with E-state index in [1.54, 1.807) is 0 Å². The molecule has 3 nitrogen and oxygen atoms in total. The maximum Gasteiger partial charge on any atom is 0.389 e. The van der Waals surface area contributed by atoms with Crippen molar-refractivity contribution in [3.05, 3.63) is 16.4 Å². The third kappa shape index (κ3) is 4.85. The average Bonchev–Trinajstić information content (AvgIpc) is 2.16. The van der Waals surface area contributed by atoms with Gasteiger partial charge in [0.25, 0.3) is 0 Å². The standard InChI is InChI=1S/C8H7Cl2F3N2O/c9-6-4-5(7(10)15-14-6)16-3-1-2-8(11,12)13/h4H,1-3H2. The lowest BCUT2D eigenvalue weighted by atomic mass is 10.3. The van der Waals surface area contributed by atoms with Crippen LogP contribution in [0.25, 0.3) is 0 Å². The Morgan fingerprint density at radius 2 is 1.94 bits per heavy atom. The van der Waals surface area contributed by atoms with Gasteiger partial charge in [-0.15, -0.1) is 10.2 Å². The van der Waals surface area contributed by atoms with Gasteiger partial charge in [-0.05, 0) is 6.42 Å². The molecule has 16 heavy (non-hydrogen) atoms. The highest BCUT2D eigenvalue weighted by Crippen LogP contribution is 2.25. The smallest absolute Gasteiger partial charge is 0.389 e. The summed E-state index contributed by atoms with van der Waals surface area (Å²) in [6.45, 7) is -0.110. The van der Waals surface area contributed by atoms with Crippen molar-refractivity contribution in [2.75, 3.05) is 6.61 Å². The molecule has 0 aliphatic rings. The van der Waals surface area contributed by atoms with E-state index < -0.39 is 12.6 Å². The molecule has 90 valence electrons. The number of halogens is 5. The van der Waals surface area contributed by atoms with Crippen LogP contribution in [0.5, 0.6) is 5.75 Å². The molecule has 0 aromatic carbocycles. The van der Waals surface area contributed by atoms with Gasteiger partial charge in [0, 0.05) is 12.5 Å². The van der Waals surface area contributed by atoms with Gasteiger partial charge in [-0.3, -0.25) is 0 Å². The lowest BCUT2D eigenvalue weighted by Gasteiger charge is -2.08. The predicted molar refractivity (Wildman–Crippen MR) is 52.8 cm³/mol. The summed E-state index contributed by atoms with van der Waals surface area (Å²) in [4.78, 5) is 0. The first-order chi connectivity index (χ1) is 7.38. The van der Waals surface area contributed by atoms with Crippen LogP contribution in [-0.4, -0.2) is 23.0 Å². The van der Waals surface area contributed by atoms with Crippen molar-refractivity contribution >= 4 is 23.2 Å². The third-order valence-electron chi connectivity index (χ3n) is 1.55. The Balaban J connectivity index is 2.40. The normalized spacial score (nSPS) is 11.6. The Morgan fingerprint density at radius 1 is 1.25 bits per heavy atom. The highest BCUT2D eigenvalue weighted by Gasteiger charge is 2.26. The summed E-state index contributed by atoms with van der Waals surface area (Å²) in [7, 11) is 0. The monoisotopic (exact) mass is 274 g/mol. The average molecular weight is 275 g/mol. The molecule has 1 heterocycles. The second-order valence-corrected chi connectivity index (χ2v) is 3.63. The zero-order valence-electron chi connectivity index (χ0n) is 7.89. The maximum atomic E-state index is 11.8. The first kappa shape index (κ1) is 13.3. The predicted octanol–water partition coefficient (Wildman–Crippen LogP) is 3.50. The van der Waals surface area contributed by atoms with E-state index in [1.807, 2.05) is 0 Å². The molecule has 8 heteroatoms. The van der Waals surface area contributed by atoms with E-state index in [1.165, 1.54) is 6.07 Å². The summed E-state index contributed by atoms with van der Waals surface area (Å²) >= 11 is 11.1. The lowest BCUT2D eigenvalue weighted by Crippen LogP contribution is -2.10. The van der Waals surface area contributed by atoms with Crippen LogP contribution >= 0.6 is 23.2 Å². The number of ether oxygens (including phenoxy) is 1. The molecule has 0 aliphatic carbocycles. The van der Waals surface area contributed by atoms with Crippen molar-refractivity contribution in [2.24, 2.45) is 0 Å². The minimum absolute atomic E-state index is 0.0311. The van der Waals surface area contributed by atoms with E-state index >= 15 is 0 Å². The fourth-order valence-corrected chi connectivity index (χ4v) is 1.18. The molecule has 0 atom stereocenters. The van der Waals surface area contributed by atoms with Gasteiger partial charge in [-0.25, -0.2) is 0 Å². The van der Waals surface area contributed by atoms with E-state index in [-0.39, 0.29) is 29.1 Å². The summed E-state index contributed by atoms with van der Waals surface area (Å²) in [6.07, 6.45) is -5.24. The maximum absolute atomic E-state index is 11.8. The highest BCUT2D eigenvalue weighted by molar-refractivity contribution is 6.32. The molecular formula is C8H7Cl2F3N2O. The van der Waals surface area contributed by atoms with Gasteiger partial charge in [0.2, 0.25) is 0 Å². The molecule has 1 rings (SSSR count). The molecule has 0 saturated carbocycles. The summed E-state index contributed by atoms with van der Waals surface area (Å²) < 4.78 is 40.4. The minimum Gasteiger partial charge on any atom is -0.490 e. The van der Waals surface area contributed by atoms with Crippen molar-refractivity contribution < 1.29 is 17.9 Å². The molecule has 0 bridgehead atoms. The summed E-state index contributed by atoms with van der Waals surface area (Å²) in [5.74, 6) is 0.129. The van der Waals surface area contributed by atoms with Crippen LogP contribution in [0.1, 0.15) is 12.8 Å². The Morgan fingerprint density at radius 3 is 2.56 bits per heavy atom. The quantitative estimate of drug-likeness (QED) is 0.789. The van der Waals surface area contributed by atoms with Crippen LogP contribution in [0.4, 0.5) is 13.2 Å². The van der Waals surface area contributed by atoms with Gasteiger partial charge in [-0.1, -0.05) is 23.2 Å². The molecular weight excluding hydrogens is 268 g/mol. The van der Waals surface area contributed by atoms with Gasteiger partial charge in [0.05, 0.1) is 6.61 Å². The second-order valence-electron chi connectivity index (χ2n) is 2.89. The summed E-state index contributed by atoms with van der Waals surface area (Å²) in [5.41, 5.74) is 0. The van der Waals surface area contributed by atoms with Crippen LogP contribution in [-0.2, 0) is 0 Å². The van der Waals surface area contributed by atoms with Crippen molar-refractivity contribution in [3.63, 3.8) is 0 Å². The van der Waals surface area contributed by atoms with Gasteiger partial charge in [0.1, 0.15) is 0 Å². The molecule has 0 aliphatic heterocycles. The molecule has 0 fully saturated rings. The van der Waals surface area contributed by atoms with Crippen LogP contribution in [0.15, 0.2) is 6.07 Å². The van der Waals surface area contributed by atoms with Crippen LogP contribution in [0.2, 0.25) is 10.3 Å². The minimum atomic E-state index is -4.18. The number of aromatic nitrogens is 2. The Kier molecular flexibility index (Phi) is 4.61. The van der Waals surface area contributed by atoms with E-state index in [9.17, 15) is 13.2 Å². The Bertz CT molecular complexity index is 360. The van der Waals surface area contributed by atoms with Gasteiger partial charge in [-0.2, -0.15) is 13.2 Å².